The summed E-state index contributed by atoms with van der Waals surface area (Å²) < 4.78 is 26.5. The first-order chi connectivity index (χ1) is 9.92. The van der Waals surface area contributed by atoms with Gasteiger partial charge >= 0.3 is 0 Å². The second-order valence-electron chi connectivity index (χ2n) is 5.98. The van der Waals surface area contributed by atoms with Gasteiger partial charge in [-0.3, -0.25) is 0 Å². The number of rotatable bonds is 5. The molecule has 6 heteroatoms. The summed E-state index contributed by atoms with van der Waals surface area (Å²) in [4.78, 5) is 0.217. The molecule has 2 rings (SSSR count). The van der Waals surface area contributed by atoms with Crippen molar-refractivity contribution in [2.45, 2.75) is 37.5 Å². The summed E-state index contributed by atoms with van der Waals surface area (Å²) in [5, 5.41) is 3.30. The van der Waals surface area contributed by atoms with Gasteiger partial charge in [-0.25, -0.2) is 13.1 Å². The van der Waals surface area contributed by atoms with Crippen LogP contribution in [-0.2, 0) is 10.0 Å². The number of nitrogen functional groups attached to an aromatic ring is 1. The summed E-state index contributed by atoms with van der Waals surface area (Å²) in [5.41, 5.74) is 6.78. The van der Waals surface area contributed by atoms with Crippen LogP contribution in [0.15, 0.2) is 23.1 Å². The number of anilines is 2. The van der Waals surface area contributed by atoms with Gasteiger partial charge in [-0.05, 0) is 49.9 Å². The Morgan fingerprint density at radius 1 is 1.33 bits per heavy atom. The standard InChI is InChI=1S/C15H25N3O2S/c1-11-4-3-5-12(8-11)10-18-14-7-6-13(16)9-15(14)21(19,20)17-2/h6-7,9,11-12,17-18H,3-5,8,10,16H2,1-2H3. The Balaban J connectivity index is 2.13. The highest BCUT2D eigenvalue weighted by Crippen LogP contribution is 2.30. The van der Waals surface area contributed by atoms with Gasteiger partial charge in [-0.1, -0.05) is 19.8 Å². The van der Waals surface area contributed by atoms with Crippen molar-refractivity contribution in [1.29, 1.82) is 0 Å². The van der Waals surface area contributed by atoms with Crippen LogP contribution in [0.1, 0.15) is 32.6 Å². The number of sulfonamides is 1. The Kier molecular flexibility index (Phi) is 5.11. The topological polar surface area (TPSA) is 84.2 Å². The number of nitrogens with one attached hydrogen (secondary N) is 2. The van der Waals surface area contributed by atoms with Crippen LogP contribution in [0.4, 0.5) is 11.4 Å². The molecule has 1 aromatic carbocycles. The molecule has 0 spiro atoms. The molecule has 1 aliphatic carbocycles. The lowest BCUT2D eigenvalue weighted by Crippen LogP contribution is -2.24. The van der Waals surface area contributed by atoms with E-state index in [9.17, 15) is 8.42 Å². The van der Waals surface area contributed by atoms with Crippen molar-refractivity contribution in [2.24, 2.45) is 11.8 Å². The zero-order valence-electron chi connectivity index (χ0n) is 12.7. The first-order valence-electron chi connectivity index (χ1n) is 7.49. The zero-order chi connectivity index (χ0) is 15.5. The molecule has 1 fully saturated rings. The molecule has 2 unspecified atom stereocenters. The maximum atomic E-state index is 12.1. The maximum absolute atomic E-state index is 12.1. The van der Waals surface area contributed by atoms with Gasteiger partial charge in [0.15, 0.2) is 0 Å². The highest BCUT2D eigenvalue weighted by Gasteiger charge is 2.21. The van der Waals surface area contributed by atoms with Gasteiger partial charge in [0.1, 0.15) is 4.90 Å². The third-order valence-electron chi connectivity index (χ3n) is 4.19. The molecule has 0 saturated heterocycles. The van der Waals surface area contributed by atoms with Crippen LogP contribution in [-0.4, -0.2) is 22.0 Å². The van der Waals surface area contributed by atoms with Gasteiger partial charge in [-0.2, -0.15) is 0 Å². The van der Waals surface area contributed by atoms with Crippen molar-refractivity contribution in [1.82, 2.24) is 4.72 Å². The van der Waals surface area contributed by atoms with E-state index in [1.54, 1.807) is 12.1 Å². The van der Waals surface area contributed by atoms with E-state index in [1.807, 2.05) is 0 Å². The SMILES string of the molecule is CNS(=O)(=O)c1cc(N)ccc1NCC1CCCC(C)C1. The lowest BCUT2D eigenvalue weighted by Gasteiger charge is -2.27. The van der Waals surface area contributed by atoms with Crippen molar-refractivity contribution in [2.75, 3.05) is 24.6 Å². The molecule has 0 radical (unpaired) electrons. The van der Waals surface area contributed by atoms with E-state index >= 15 is 0 Å². The highest BCUT2D eigenvalue weighted by atomic mass is 32.2. The van der Waals surface area contributed by atoms with Gasteiger partial charge in [0.25, 0.3) is 0 Å². The van der Waals surface area contributed by atoms with Gasteiger partial charge in [0.05, 0.1) is 5.69 Å². The molecule has 21 heavy (non-hydrogen) atoms. The molecule has 0 bridgehead atoms. The van der Waals surface area contributed by atoms with E-state index in [0.29, 0.717) is 17.3 Å². The molecule has 0 heterocycles. The summed E-state index contributed by atoms with van der Waals surface area (Å²) in [6.45, 7) is 3.09. The van der Waals surface area contributed by atoms with Gasteiger partial charge < -0.3 is 11.1 Å². The molecule has 2 atom stereocenters. The van der Waals surface area contributed by atoms with Crippen LogP contribution in [0.5, 0.6) is 0 Å². The molecule has 0 aromatic heterocycles. The molecule has 1 aliphatic rings. The Hall–Kier alpha value is -1.27. The smallest absolute Gasteiger partial charge is 0.242 e. The normalized spacial score (nSPS) is 23.0. The predicted octanol–water partition coefficient (Wildman–Crippen LogP) is 2.42. The maximum Gasteiger partial charge on any atom is 0.242 e. The molecule has 5 nitrogen and oxygen atoms in total. The Bertz CT molecular complexity index is 587. The second-order valence-corrected chi connectivity index (χ2v) is 7.84. The molecule has 0 amide bonds. The average molecular weight is 311 g/mol. The van der Waals surface area contributed by atoms with Crippen LogP contribution in [0.2, 0.25) is 0 Å². The Morgan fingerprint density at radius 2 is 2.10 bits per heavy atom. The zero-order valence-corrected chi connectivity index (χ0v) is 13.5. The molecular weight excluding hydrogens is 286 g/mol. The summed E-state index contributed by atoms with van der Waals surface area (Å²) >= 11 is 0. The lowest BCUT2D eigenvalue weighted by atomic mass is 9.82. The first-order valence-corrected chi connectivity index (χ1v) is 8.97. The number of benzene rings is 1. The summed E-state index contributed by atoms with van der Waals surface area (Å²) in [6, 6.07) is 4.96. The molecule has 0 aliphatic heterocycles. The van der Waals surface area contributed by atoms with E-state index in [0.717, 1.165) is 12.5 Å². The van der Waals surface area contributed by atoms with Crippen LogP contribution in [0.3, 0.4) is 0 Å². The van der Waals surface area contributed by atoms with E-state index in [2.05, 4.69) is 17.0 Å². The predicted molar refractivity (Wildman–Crippen MR) is 86.7 cm³/mol. The molecule has 1 aromatic rings. The highest BCUT2D eigenvalue weighted by molar-refractivity contribution is 7.89. The molecular formula is C15H25N3O2S. The molecule has 118 valence electrons. The number of hydrogen-bond donors (Lipinski definition) is 3. The summed E-state index contributed by atoms with van der Waals surface area (Å²) in [6.07, 6.45) is 4.98. The van der Waals surface area contributed by atoms with Gasteiger partial charge in [0.2, 0.25) is 10.0 Å². The summed E-state index contributed by atoms with van der Waals surface area (Å²) in [7, 11) is -2.10. The Morgan fingerprint density at radius 3 is 2.76 bits per heavy atom. The quantitative estimate of drug-likeness (QED) is 0.729. The molecule has 1 saturated carbocycles. The van der Waals surface area contributed by atoms with Crippen LogP contribution in [0, 0.1) is 11.8 Å². The van der Waals surface area contributed by atoms with Crippen LogP contribution in [0.25, 0.3) is 0 Å². The fraction of sp³-hybridized carbons (Fsp3) is 0.600. The van der Waals surface area contributed by atoms with E-state index < -0.39 is 10.0 Å². The summed E-state index contributed by atoms with van der Waals surface area (Å²) in [5.74, 6) is 1.37. The fourth-order valence-electron chi connectivity index (χ4n) is 3.02. The monoisotopic (exact) mass is 311 g/mol. The lowest BCUT2D eigenvalue weighted by molar-refractivity contribution is 0.293. The number of nitrogens with two attached hydrogens (primary N) is 1. The van der Waals surface area contributed by atoms with Gasteiger partial charge in [0, 0.05) is 12.2 Å². The second kappa shape index (κ2) is 6.66. The van der Waals surface area contributed by atoms with Crippen molar-refractivity contribution in [3.05, 3.63) is 18.2 Å². The van der Waals surface area contributed by atoms with Crippen molar-refractivity contribution >= 4 is 21.4 Å². The van der Waals surface area contributed by atoms with Crippen LogP contribution >= 0.6 is 0 Å². The minimum absolute atomic E-state index is 0.217. The van der Waals surface area contributed by atoms with Crippen molar-refractivity contribution in [3.63, 3.8) is 0 Å². The third-order valence-corrected chi connectivity index (χ3v) is 5.64. The Labute approximate surface area is 127 Å². The van der Waals surface area contributed by atoms with Crippen LogP contribution < -0.4 is 15.8 Å². The fourth-order valence-corrected chi connectivity index (χ4v) is 3.96. The van der Waals surface area contributed by atoms with E-state index in [4.69, 9.17) is 5.73 Å². The van der Waals surface area contributed by atoms with E-state index in [-0.39, 0.29) is 4.90 Å². The minimum Gasteiger partial charge on any atom is -0.399 e. The van der Waals surface area contributed by atoms with Crippen molar-refractivity contribution in [3.8, 4) is 0 Å². The minimum atomic E-state index is -3.51. The van der Waals surface area contributed by atoms with E-state index in [1.165, 1.54) is 38.8 Å². The largest absolute Gasteiger partial charge is 0.399 e. The van der Waals surface area contributed by atoms with Crippen molar-refractivity contribution < 1.29 is 8.42 Å². The average Bonchev–Trinajstić information content (AvgIpc) is 2.46. The molecule has 4 N–H and O–H groups in total. The number of hydrogen-bond acceptors (Lipinski definition) is 4. The first kappa shape index (κ1) is 16.1. The third kappa shape index (κ3) is 4.11. The van der Waals surface area contributed by atoms with Gasteiger partial charge in [-0.15, -0.1) is 0 Å².